The van der Waals surface area contributed by atoms with Crippen LogP contribution in [0.2, 0.25) is 0 Å². The van der Waals surface area contributed by atoms with Gasteiger partial charge in [0.25, 0.3) is 5.91 Å². The molecule has 4 heteroatoms. The Morgan fingerprint density at radius 1 is 0.962 bits per heavy atom. The van der Waals surface area contributed by atoms with Crippen molar-refractivity contribution in [3.8, 4) is 16.9 Å². The van der Waals surface area contributed by atoms with E-state index in [4.69, 9.17) is 9.73 Å². The Morgan fingerprint density at radius 2 is 1.50 bits per heavy atom. The molecule has 0 saturated heterocycles. The van der Waals surface area contributed by atoms with Gasteiger partial charge in [-0.25, -0.2) is 0 Å². The third kappa shape index (κ3) is 2.70. The van der Waals surface area contributed by atoms with Crippen molar-refractivity contribution >= 4 is 11.7 Å². The summed E-state index contributed by atoms with van der Waals surface area (Å²) in [6.45, 7) is 2.69. The highest BCUT2D eigenvalue weighted by atomic mass is 16.5. The van der Waals surface area contributed by atoms with Crippen LogP contribution < -0.4 is 4.74 Å². The van der Waals surface area contributed by atoms with Gasteiger partial charge < -0.3 is 4.74 Å². The van der Waals surface area contributed by atoms with Gasteiger partial charge >= 0.3 is 0 Å². The second-order valence-electron chi connectivity index (χ2n) is 7.03. The summed E-state index contributed by atoms with van der Waals surface area (Å²) in [5, 5.41) is 0. The minimum Gasteiger partial charge on any atom is -0.497 e. The average molecular weight is 348 g/mol. The van der Waals surface area contributed by atoms with E-state index in [1.54, 1.807) is 7.11 Å². The first-order valence-corrected chi connectivity index (χ1v) is 9.33. The summed E-state index contributed by atoms with van der Waals surface area (Å²) in [7, 11) is 1.67. The predicted molar refractivity (Wildman–Crippen MR) is 104 cm³/mol. The summed E-state index contributed by atoms with van der Waals surface area (Å²) in [4.78, 5) is 19.7. The molecule has 1 saturated carbocycles. The largest absolute Gasteiger partial charge is 0.497 e. The van der Waals surface area contributed by atoms with E-state index in [-0.39, 0.29) is 5.91 Å². The Labute approximate surface area is 154 Å². The first kappa shape index (κ1) is 16.8. The standard InChI is InChI=1S/C22H24N2O2/c1-3-24-20(23-22(21(24)25)14-4-5-15-22)18-8-6-16(7-9-18)17-10-12-19(26-2)13-11-17/h6-13H,3-5,14-15H2,1-2H3. The highest BCUT2D eigenvalue weighted by Gasteiger charge is 2.49. The number of amidine groups is 1. The van der Waals surface area contributed by atoms with Gasteiger partial charge in [-0.3, -0.25) is 14.7 Å². The number of benzene rings is 2. The summed E-state index contributed by atoms with van der Waals surface area (Å²) in [6, 6.07) is 16.4. The summed E-state index contributed by atoms with van der Waals surface area (Å²) in [5.41, 5.74) is 2.81. The molecule has 1 aliphatic carbocycles. The third-order valence-corrected chi connectivity index (χ3v) is 5.53. The number of carbonyl (C=O) groups excluding carboxylic acids is 1. The number of amides is 1. The Hall–Kier alpha value is -2.62. The number of nitrogens with zero attached hydrogens (tertiary/aromatic N) is 2. The van der Waals surface area contributed by atoms with Gasteiger partial charge in [0.15, 0.2) is 0 Å². The molecule has 0 atom stereocenters. The zero-order valence-corrected chi connectivity index (χ0v) is 15.4. The molecule has 1 fully saturated rings. The lowest BCUT2D eigenvalue weighted by atomic mass is 9.98. The maximum absolute atomic E-state index is 12.9. The average Bonchev–Trinajstić information content (AvgIpc) is 3.28. The molecule has 0 aromatic heterocycles. The smallest absolute Gasteiger partial charge is 0.256 e. The molecule has 1 spiro atoms. The molecule has 0 radical (unpaired) electrons. The van der Waals surface area contributed by atoms with Crippen LogP contribution in [-0.2, 0) is 4.79 Å². The number of rotatable bonds is 4. The highest BCUT2D eigenvalue weighted by Crippen LogP contribution is 2.39. The number of hydrogen-bond donors (Lipinski definition) is 0. The van der Waals surface area contributed by atoms with Crippen molar-refractivity contribution in [1.82, 2.24) is 4.90 Å². The quantitative estimate of drug-likeness (QED) is 0.827. The summed E-state index contributed by atoms with van der Waals surface area (Å²) < 4.78 is 5.22. The minimum atomic E-state index is -0.486. The fraction of sp³-hybridized carbons (Fsp3) is 0.364. The zero-order valence-electron chi connectivity index (χ0n) is 15.4. The summed E-state index contributed by atoms with van der Waals surface area (Å²) in [5.74, 6) is 1.87. The van der Waals surface area contributed by atoms with Gasteiger partial charge in [0.05, 0.1) is 7.11 Å². The van der Waals surface area contributed by atoms with Crippen molar-refractivity contribution in [2.45, 2.75) is 38.1 Å². The van der Waals surface area contributed by atoms with Gasteiger partial charge in [-0.2, -0.15) is 0 Å². The molecular weight excluding hydrogens is 324 g/mol. The molecule has 2 aromatic carbocycles. The van der Waals surface area contributed by atoms with Crippen molar-refractivity contribution in [3.05, 3.63) is 54.1 Å². The molecule has 0 N–H and O–H groups in total. The third-order valence-electron chi connectivity index (χ3n) is 5.53. The minimum absolute atomic E-state index is 0.187. The molecule has 0 bridgehead atoms. The fourth-order valence-corrected chi connectivity index (χ4v) is 4.05. The van der Waals surface area contributed by atoms with Gasteiger partial charge in [0, 0.05) is 12.1 Å². The molecule has 1 aliphatic heterocycles. The Bertz CT molecular complexity index is 831. The normalized spacial score (nSPS) is 18.5. The zero-order chi connectivity index (χ0) is 18.1. The number of carbonyl (C=O) groups is 1. The van der Waals surface area contributed by atoms with Crippen molar-refractivity contribution in [2.75, 3.05) is 13.7 Å². The molecule has 134 valence electrons. The van der Waals surface area contributed by atoms with Crippen LogP contribution in [-0.4, -0.2) is 35.8 Å². The first-order chi connectivity index (χ1) is 12.7. The van der Waals surface area contributed by atoms with E-state index in [0.717, 1.165) is 54.0 Å². The molecule has 4 rings (SSSR count). The Kier molecular flexibility index (Phi) is 4.27. The van der Waals surface area contributed by atoms with Crippen LogP contribution in [0.5, 0.6) is 5.75 Å². The lowest BCUT2D eigenvalue weighted by Crippen LogP contribution is -2.41. The second-order valence-corrected chi connectivity index (χ2v) is 7.03. The van der Waals surface area contributed by atoms with Crippen LogP contribution in [0.4, 0.5) is 0 Å². The molecule has 26 heavy (non-hydrogen) atoms. The summed E-state index contributed by atoms with van der Waals surface area (Å²) in [6.07, 6.45) is 3.96. The number of methoxy groups -OCH3 is 1. The van der Waals surface area contributed by atoms with Crippen LogP contribution in [0, 0.1) is 0 Å². The van der Waals surface area contributed by atoms with Crippen molar-refractivity contribution in [1.29, 1.82) is 0 Å². The number of hydrogen-bond acceptors (Lipinski definition) is 3. The molecule has 1 heterocycles. The van der Waals surface area contributed by atoms with Crippen LogP contribution >= 0.6 is 0 Å². The monoisotopic (exact) mass is 348 g/mol. The van der Waals surface area contributed by atoms with Gasteiger partial charge in [0.2, 0.25) is 0 Å². The van der Waals surface area contributed by atoms with Gasteiger partial charge in [-0.05, 0) is 43.0 Å². The predicted octanol–water partition coefficient (Wildman–Crippen LogP) is 4.28. The Morgan fingerprint density at radius 3 is 2.04 bits per heavy atom. The molecule has 0 unspecified atom stereocenters. The second kappa shape index (κ2) is 6.60. The molecule has 2 aromatic rings. The van der Waals surface area contributed by atoms with Gasteiger partial charge in [0.1, 0.15) is 17.1 Å². The topological polar surface area (TPSA) is 41.9 Å². The SMILES string of the molecule is CCN1C(=O)C2(CCCC2)N=C1c1ccc(-c2ccc(OC)cc2)cc1. The van der Waals surface area contributed by atoms with E-state index in [1.807, 2.05) is 24.0 Å². The molecule has 4 nitrogen and oxygen atoms in total. The molecular formula is C22H24N2O2. The maximum Gasteiger partial charge on any atom is 0.256 e. The van der Waals surface area contributed by atoms with Crippen LogP contribution in [0.25, 0.3) is 11.1 Å². The first-order valence-electron chi connectivity index (χ1n) is 9.33. The van der Waals surface area contributed by atoms with Gasteiger partial charge in [-0.1, -0.05) is 49.2 Å². The highest BCUT2D eigenvalue weighted by molar-refractivity contribution is 6.15. The van der Waals surface area contributed by atoms with E-state index in [9.17, 15) is 4.79 Å². The number of likely N-dealkylation sites (N-methyl/N-ethyl adjacent to an activating group) is 1. The number of aliphatic imine (C=N–C) groups is 1. The maximum atomic E-state index is 12.9. The van der Waals surface area contributed by atoms with E-state index in [1.165, 1.54) is 0 Å². The van der Waals surface area contributed by atoms with Crippen molar-refractivity contribution < 1.29 is 9.53 Å². The van der Waals surface area contributed by atoms with Crippen LogP contribution in [0.15, 0.2) is 53.5 Å². The molecule has 1 amide bonds. The lowest BCUT2D eigenvalue weighted by Gasteiger charge is -2.21. The van der Waals surface area contributed by atoms with Crippen LogP contribution in [0.3, 0.4) is 0 Å². The van der Waals surface area contributed by atoms with Crippen molar-refractivity contribution in [2.24, 2.45) is 4.99 Å². The summed E-state index contributed by atoms with van der Waals surface area (Å²) >= 11 is 0. The fourth-order valence-electron chi connectivity index (χ4n) is 4.05. The lowest BCUT2D eigenvalue weighted by molar-refractivity contribution is -0.130. The van der Waals surface area contributed by atoms with E-state index in [0.29, 0.717) is 6.54 Å². The van der Waals surface area contributed by atoms with Crippen LogP contribution in [0.1, 0.15) is 38.2 Å². The molecule has 2 aliphatic rings. The number of ether oxygens (including phenoxy) is 1. The van der Waals surface area contributed by atoms with E-state index in [2.05, 4.69) is 36.4 Å². The van der Waals surface area contributed by atoms with E-state index >= 15 is 0 Å². The Balaban J connectivity index is 1.64. The van der Waals surface area contributed by atoms with E-state index < -0.39 is 5.54 Å². The van der Waals surface area contributed by atoms with Crippen molar-refractivity contribution in [3.63, 3.8) is 0 Å². The van der Waals surface area contributed by atoms with Gasteiger partial charge in [-0.15, -0.1) is 0 Å².